The number of likely N-dealkylation sites (tertiary alicyclic amines) is 1. The zero-order chi connectivity index (χ0) is 14.2. The van der Waals surface area contributed by atoms with Crippen molar-refractivity contribution < 1.29 is 24.2 Å². The minimum atomic E-state index is -1.23. The smallest absolute Gasteiger partial charge is 0.326 e. The molecule has 0 bridgehead atoms. The number of carboxylic acids is 1. The molecule has 7 heteroatoms. The van der Waals surface area contributed by atoms with Gasteiger partial charge in [-0.3, -0.25) is 4.79 Å². The van der Waals surface area contributed by atoms with Gasteiger partial charge in [0.1, 0.15) is 11.9 Å². The summed E-state index contributed by atoms with van der Waals surface area (Å²) in [5, 5.41) is 18.6. The highest BCUT2D eigenvalue weighted by Crippen LogP contribution is 2.23. The number of aliphatic hydroxyl groups is 1. The van der Waals surface area contributed by atoms with Gasteiger partial charge in [0.25, 0.3) is 5.91 Å². The van der Waals surface area contributed by atoms with E-state index in [-0.39, 0.29) is 23.6 Å². The lowest BCUT2D eigenvalue weighted by Gasteiger charge is -2.21. The van der Waals surface area contributed by atoms with Gasteiger partial charge in [0, 0.05) is 18.0 Å². The monoisotopic (exact) mass is 287 g/mol. The van der Waals surface area contributed by atoms with Crippen LogP contribution in [0, 0.1) is 5.82 Å². The minimum absolute atomic E-state index is 0.0662. The molecule has 0 saturated carbocycles. The highest BCUT2D eigenvalue weighted by Gasteiger charge is 2.39. The molecule has 2 N–H and O–H groups in total. The standard InChI is InChI=1S/C12H11ClFNO4/c13-6-1-2-9(14)8(3-6)11(17)15-5-7(16)4-10(15)12(18)19/h1-3,7,10,16H,4-5H2,(H,18,19)/t7-,10+/m1/s1. The Bertz CT molecular complexity index is 536. The molecule has 0 spiro atoms. The third-order valence-electron chi connectivity index (χ3n) is 2.98. The quantitative estimate of drug-likeness (QED) is 0.855. The molecule has 0 unspecified atom stereocenters. The number of carbonyl (C=O) groups is 2. The molecule has 0 aliphatic carbocycles. The van der Waals surface area contributed by atoms with Gasteiger partial charge >= 0.3 is 5.97 Å². The van der Waals surface area contributed by atoms with Crippen molar-refractivity contribution in [3.05, 3.63) is 34.6 Å². The number of hydrogen-bond donors (Lipinski definition) is 2. The molecule has 1 aliphatic rings. The fourth-order valence-electron chi connectivity index (χ4n) is 2.09. The van der Waals surface area contributed by atoms with Gasteiger partial charge in [-0.2, -0.15) is 0 Å². The van der Waals surface area contributed by atoms with Gasteiger partial charge in [-0.25, -0.2) is 9.18 Å². The predicted molar refractivity (Wildman–Crippen MR) is 64.5 cm³/mol. The van der Waals surface area contributed by atoms with E-state index in [0.29, 0.717) is 0 Å². The van der Waals surface area contributed by atoms with Gasteiger partial charge in [-0.1, -0.05) is 11.6 Å². The Hall–Kier alpha value is -1.66. The van der Waals surface area contributed by atoms with E-state index < -0.39 is 29.8 Å². The topological polar surface area (TPSA) is 77.8 Å². The summed E-state index contributed by atoms with van der Waals surface area (Å²) in [6.45, 7) is -0.137. The number of β-amino-alcohol motifs (C(OH)–C–C–N with tert-alkyl or cyclic N) is 1. The number of amides is 1. The van der Waals surface area contributed by atoms with Gasteiger partial charge in [-0.15, -0.1) is 0 Å². The van der Waals surface area contributed by atoms with Crippen LogP contribution in [-0.4, -0.2) is 45.7 Å². The van der Waals surface area contributed by atoms with E-state index in [9.17, 15) is 19.1 Å². The van der Waals surface area contributed by atoms with Crippen LogP contribution < -0.4 is 0 Å². The van der Waals surface area contributed by atoms with Crippen molar-refractivity contribution >= 4 is 23.5 Å². The number of aliphatic hydroxyl groups excluding tert-OH is 1. The molecule has 2 rings (SSSR count). The molecule has 5 nitrogen and oxygen atoms in total. The maximum absolute atomic E-state index is 13.6. The molecule has 0 aromatic heterocycles. The number of aliphatic carboxylic acids is 1. The van der Waals surface area contributed by atoms with Crippen LogP contribution in [0.15, 0.2) is 18.2 Å². The van der Waals surface area contributed by atoms with E-state index >= 15 is 0 Å². The van der Waals surface area contributed by atoms with E-state index in [1.807, 2.05) is 0 Å². The van der Waals surface area contributed by atoms with Crippen molar-refractivity contribution in [3.8, 4) is 0 Å². The minimum Gasteiger partial charge on any atom is -0.480 e. The van der Waals surface area contributed by atoms with E-state index in [1.165, 1.54) is 6.07 Å². The van der Waals surface area contributed by atoms with Crippen molar-refractivity contribution in [1.29, 1.82) is 0 Å². The summed E-state index contributed by atoms with van der Waals surface area (Å²) in [6.07, 6.45) is -0.990. The van der Waals surface area contributed by atoms with E-state index in [0.717, 1.165) is 17.0 Å². The number of rotatable bonds is 2. The molecule has 1 aliphatic heterocycles. The Morgan fingerprint density at radius 2 is 2.11 bits per heavy atom. The van der Waals surface area contributed by atoms with Gasteiger partial charge in [0.15, 0.2) is 0 Å². The number of carboxylic acid groups (broad SMARTS) is 1. The van der Waals surface area contributed by atoms with Crippen LogP contribution in [0.1, 0.15) is 16.8 Å². The summed E-state index contributed by atoms with van der Waals surface area (Å²) in [6, 6.07) is 2.32. The Morgan fingerprint density at radius 3 is 2.74 bits per heavy atom. The molecule has 1 fully saturated rings. The SMILES string of the molecule is O=C(O)[C@@H]1C[C@@H](O)CN1C(=O)c1cc(Cl)ccc1F. The summed E-state index contributed by atoms with van der Waals surface area (Å²) < 4.78 is 13.6. The molecule has 1 amide bonds. The fraction of sp³-hybridized carbons (Fsp3) is 0.333. The van der Waals surface area contributed by atoms with Crippen LogP contribution in [0.2, 0.25) is 5.02 Å². The average molecular weight is 288 g/mol. The van der Waals surface area contributed by atoms with Crippen LogP contribution in [-0.2, 0) is 4.79 Å². The van der Waals surface area contributed by atoms with E-state index in [2.05, 4.69) is 0 Å². The first-order valence-electron chi connectivity index (χ1n) is 5.57. The number of carbonyl (C=O) groups excluding carboxylic acids is 1. The number of halogens is 2. The molecule has 0 radical (unpaired) electrons. The second-order valence-corrected chi connectivity index (χ2v) is 4.76. The second-order valence-electron chi connectivity index (χ2n) is 4.33. The summed E-state index contributed by atoms with van der Waals surface area (Å²) in [5.41, 5.74) is -0.298. The number of hydrogen-bond acceptors (Lipinski definition) is 3. The first-order valence-corrected chi connectivity index (χ1v) is 5.95. The highest BCUT2D eigenvalue weighted by molar-refractivity contribution is 6.31. The van der Waals surface area contributed by atoms with Crippen LogP contribution >= 0.6 is 11.6 Å². The van der Waals surface area contributed by atoms with Crippen molar-refractivity contribution in [1.82, 2.24) is 4.90 Å². The van der Waals surface area contributed by atoms with Gasteiger partial charge in [-0.05, 0) is 18.2 Å². The molecule has 19 heavy (non-hydrogen) atoms. The van der Waals surface area contributed by atoms with Crippen LogP contribution in [0.3, 0.4) is 0 Å². The molecule has 1 saturated heterocycles. The van der Waals surface area contributed by atoms with Crippen molar-refractivity contribution in [2.75, 3.05) is 6.54 Å². The average Bonchev–Trinajstić information content (AvgIpc) is 2.74. The highest BCUT2D eigenvalue weighted by atomic mass is 35.5. The van der Waals surface area contributed by atoms with Crippen molar-refractivity contribution in [2.24, 2.45) is 0 Å². The van der Waals surface area contributed by atoms with E-state index in [4.69, 9.17) is 16.7 Å². The number of nitrogens with zero attached hydrogens (tertiary/aromatic N) is 1. The maximum atomic E-state index is 13.6. The van der Waals surface area contributed by atoms with Crippen LogP contribution in [0.4, 0.5) is 4.39 Å². The zero-order valence-electron chi connectivity index (χ0n) is 9.72. The molecule has 102 valence electrons. The Morgan fingerprint density at radius 1 is 1.42 bits per heavy atom. The number of benzene rings is 1. The Labute approximate surface area is 113 Å². The lowest BCUT2D eigenvalue weighted by Crippen LogP contribution is -2.40. The Balaban J connectivity index is 2.33. The van der Waals surface area contributed by atoms with Gasteiger partial charge in [0.05, 0.1) is 11.7 Å². The third kappa shape index (κ3) is 2.69. The van der Waals surface area contributed by atoms with Crippen molar-refractivity contribution in [2.45, 2.75) is 18.6 Å². The zero-order valence-corrected chi connectivity index (χ0v) is 10.5. The summed E-state index contributed by atoms with van der Waals surface area (Å²) in [7, 11) is 0. The third-order valence-corrected chi connectivity index (χ3v) is 3.22. The molecule has 1 heterocycles. The molecule has 1 aromatic rings. The van der Waals surface area contributed by atoms with Crippen molar-refractivity contribution in [3.63, 3.8) is 0 Å². The lowest BCUT2D eigenvalue weighted by atomic mass is 10.1. The molecule has 1 aromatic carbocycles. The van der Waals surface area contributed by atoms with Gasteiger partial charge in [0.2, 0.25) is 0 Å². The fourth-order valence-corrected chi connectivity index (χ4v) is 2.26. The van der Waals surface area contributed by atoms with E-state index in [1.54, 1.807) is 0 Å². The first kappa shape index (κ1) is 13.8. The largest absolute Gasteiger partial charge is 0.480 e. The first-order chi connectivity index (χ1) is 8.90. The normalized spacial score (nSPS) is 22.6. The molecule has 2 atom stereocenters. The lowest BCUT2D eigenvalue weighted by molar-refractivity contribution is -0.141. The summed E-state index contributed by atoms with van der Waals surface area (Å²) in [5.74, 6) is -2.80. The predicted octanol–water partition coefficient (Wildman–Crippen LogP) is 1.14. The summed E-state index contributed by atoms with van der Waals surface area (Å²) in [4.78, 5) is 24.1. The van der Waals surface area contributed by atoms with Crippen LogP contribution in [0.25, 0.3) is 0 Å². The molecular formula is C12H11ClFNO4. The second kappa shape index (κ2) is 5.14. The van der Waals surface area contributed by atoms with Gasteiger partial charge < -0.3 is 15.1 Å². The molecular weight excluding hydrogens is 277 g/mol. The Kier molecular flexibility index (Phi) is 3.73. The van der Waals surface area contributed by atoms with Crippen LogP contribution in [0.5, 0.6) is 0 Å². The summed E-state index contributed by atoms with van der Waals surface area (Å²) >= 11 is 5.69. The maximum Gasteiger partial charge on any atom is 0.326 e.